The molecule has 0 atom stereocenters. The highest BCUT2D eigenvalue weighted by molar-refractivity contribution is 6.33. The number of benzene rings is 3. The summed E-state index contributed by atoms with van der Waals surface area (Å²) in [5.74, 6) is -1.03. The highest BCUT2D eigenvalue weighted by Crippen LogP contribution is 2.30. The maximum absolute atomic E-state index is 11.3. The topological polar surface area (TPSA) is 56.3 Å². The molecule has 0 bridgehead atoms. The van der Waals surface area contributed by atoms with E-state index in [1.165, 1.54) is 5.56 Å². The van der Waals surface area contributed by atoms with Gasteiger partial charge >= 0.3 is 5.97 Å². The summed E-state index contributed by atoms with van der Waals surface area (Å²) >= 11 is 12.3. The van der Waals surface area contributed by atoms with Crippen molar-refractivity contribution in [3.05, 3.63) is 93.1 Å². The SMILES string of the molecule is Cc1ccc(-c2ccc(C(=O)O)c(Cl)c2)c(CN(C)Cc2cc3ccc(Cl)cc3[nH]2)c1. The van der Waals surface area contributed by atoms with Gasteiger partial charge in [-0.15, -0.1) is 0 Å². The molecular formula is C25H22Cl2N2O2. The lowest BCUT2D eigenvalue weighted by atomic mass is 9.96. The Hall–Kier alpha value is -2.79. The van der Waals surface area contributed by atoms with Gasteiger partial charge in [0, 0.05) is 29.3 Å². The number of fused-ring (bicyclic) bond motifs is 1. The van der Waals surface area contributed by atoms with Crippen LogP contribution in [-0.2, 0) is 13.1 Å². The van der Waals surface area contributed by atoms with Crippen molar-refractivity contribution in [2.24, 2.45) is 0 Å². The van der Waals surface area contributed by atoms with Gasteiger partial charge in [-0.05, 0) is 66.4 Å². The van der Waals surface area contributed by atoms with Crippen LogP contribution in [0.4, 0.5) is 0 Å². The number of nitrogens with zero attached hydrogens (tertiary/aromatic N) is 1. The number of carboxylic acid groups (broad SMARTS) is 1. The number of H-pyrrole nitrogens is 1. The van der Waals surface area contributed by atoms with Gasteiger partial charge in [0.15, 0.2) is 0 Å². The third kappa shape index (κ3) is 4.77. The fourth-order valence-corrected chi connectivity index (χ4v) is 4.31. The summed E-state index contributed by atoms with van der Waals surface area (Å²) in [4.78, 5) is 17.0. The number of nitrogens with one attached hydrogen (secondary N) is 1. The Morgan fingerprint density at radius 3 is 2.55 bits per heavy atom. The molecule has 0 amide bonds. The summed E-state index contributed by atoms with van der Waals surface area (Å²) in [7, 11) is 2.07. The molecule has 1 heterocycles. The van der Waals surface area contributed by atoms with Crippen molar-refractivity contribution >= 4 is 40.1 Å². The zero-order valence-corrected chi connectivity index (χ0v) is 18.8. The first-order valence-corrected chi connectivity index (χ1v) is 10.6. The van der Waals surface area contributed by atoms with Crippen molar-refractivity contribution in [3.8, 4) is 11.1 Å². The zero-order valence-electron chi connectivity index (χ0n) is 17.2. The van der Waals surface area contributed by atoms with E-state index in [9.17, 15) is 9.90 Å². The number of rotatable bonds is 6. The fraction of sp³-hybridized carbons (Fsp3) is 0.160. The summed E-state index contributed by atoms with van der Waals surface area (Å²) in [6, 6.07) is 19.4. The molecular weight excluding hydrogens is 431 g/mol. The molecule has 0 radical (unpaired) electrons. The first-order chi connectivity index (χ1) is 14.8. The second-order valence-corrected chi connectivity index (χ2v) is 8.70. The number of carboxylic acids is 1. The summed E-state index contributed by atoms with van der Waals surface area (Å²) < 4.78 is 0. The Kier molecular flexibility index (Phi) is 6.05. The van der Waals surface area contributed by atoms with Gasteiger partial charge in [0.2, 0.25) is 0 Å². The van der Waals surface area contributed by atoms with Gasteiger partial charge in [0.05, 0.1) is 10.6 Å². The van der Waals surface area contributed by atoms with Crippen LogP contribution in [0, 0.1) is 6.92 Å². The van der Waals surface area contributed by atoms with E-state index < -0.39 is 5.97 Å². The Morgan fingerprint density at radius 1 is 1.00 bits per heavy atom. The van der Waals surface area contributed by atoms with Crippen LogP contribution in [0.5, 0.6) is 0 Å². The summed E-state index contributed by atoms with van der Waals surface area (Å²) in [6.45, 7) is 3.54. The van der Waals surface area contributed by atoms with Crippen molar-refractivity contribution in [2.75, 3.05) is 7.05 Å². The number of aromatic amines is 1. The minimum absolute atomic E-state index is 0.107. The molecule has 6 heteroatoms. The predicted octanol–water partition coefficient (Wildman–Crippen LogP) is 6.78. The number of carbonyl (C=O) groups is 1. The largest absolute Gasteiger partial charge is 0.478 e. The minimum atomic E-state index is -1.03. The maximum atomic E-state index is 11.3. The van der Waals surface area contributed by atoms with Crippen LogP contribution in [0.2, 0.25) is 10.0 Å². The van der Waals surface area contributed by atoms with E-state index >= 15 is 0 Å². The summed E-state index contributed by atoms with van der Waals surface area (Å²) in [5.41, 5.74) is 6.51. The number of hydrogen-bond acceptors (Lipinski definition) is 2. The molecule has 2 N–H and O–H groups in total. The monoisotopic (exact) mass is 452 g/mol. The van der Waals surface area contributed by atoms with Gasteiger partial charge in [-0.25, -0.2) is 4.79 Å². The molecule has 4 aromatic rings. The van der Waals surface area contributed by atoms with E-state index in [1.807, 2.05) is 24.3 Å². The predicted molar refractivity (Wildman–Crippen MR) is 127 cm³/mol. The second-order valence-electron chi connectivity index (χ2n) is 7.86. The third-order valence-electron chi connectivity index (χ3n) is 5.29. The van der Waals surface area contributed by atoms with Crippen molar-refractivity contribution in [1.29, 1.82) is 0 Å². The van der Waals surface area contributed by atoms with Crippen LogP contribution in [0.3, 0.4) is 0 Å². The van der Waals surface area contributed by atoms with Crippen molar-refractivity contribution in [2.45, 2.75) is 20.0 Å². The average molecular weight is 453 g/mol. The lowest BCUT2D eigenvalue weighted by Gasteiger charge is -2.19. The van der Waals surface area contributed by atoms with Crippen LogP contribution in [0.25, 0.3) is 22.0 Å². The molecule has 0 unspecified atom stereocenters. The lowest BCUT2D eigenvalue weighted by molar-refractivity contribution is 0.0697. The molecule has 0 aliphatic heterocycles. The number of hydrogen-bond donors (Lipinski definition) is 2. The molecule has 0 aliphatic rings. The van der Waals surface area contributed by atoms with E-state index in [4.69, 9.17) is 23.2 Å². The van der Waals surface area contributed by atoms with Crippen LogP contribution >= 0.6 is 23.2 Å². The smallest absolute Gasteiger partial charge is 0.337 e. The van der Waals surface area contributed by atoms with E-state index in [0.29, 0.717) is 5.02 Å². The summed E-state index contributed by atoms with van der Waals surface area (Å²) in [6.07, 6.45) is 0. The van der Waals surface area contributed by atoms with Gasteiger partial charge in [-0.3, -0.25) is 4.90 Å². The average Bonchev–Trinajstić information content (AvgIpc) is 3.08. The minimum Gasteiger partial charge on any atom is -0.478 e. The number of halogens is 2. The van der Waals surface area contributed by atoms with Gasteiger partial charge in [0.1, 0.15) is 0 Å². The van der Waals surface area contributed by atoms with E-state index in [0.717, 1.165) is 46.4 Å². The molecule has 158 valence electrons. The highest BCUT2D eigenvalue weighted by Gasteiger charge is 2.14. The molecule has 0 fully saturated rings. The fourth-order valence-electron chi connectivity index (χ4n) is 3.87. The molecule has 31 heavy (non-hydrogen) atoms. The van der Waals surface area contributed by atoms with Crippen molar-refractivity contribution in [1.82, 2.24) is 9.88 Å². The van der Waals surface area contributed by atoms with Crippen LogP contribution < -0.4 is 0 Å². The van der Waals surface area contributed by atoms with Gasteiger partial charge in [-0.1, -0.05) is 59.1 Å². The van der Waals surface area contributed by atoms with Gasteiger partial charge < -0.3 is 10.1 Å². The third-order valence-corrected chi connectivity index (χ3v) is 5.84. The number of aromatic nitrogens is 1. The molecule has 0 aliphatic carbocycles. The van der Waals surface area contributed by atoms with E-state index in [-0.39, 0.29) is 10.6 Å². The Labute approximate surface area is 191 Å². The van der Waals surface area contributed by atoms with Crippen molar-refractivity contribution < 1.29 is 9.90 Å². The molecule has 0 spiro atoms. The molecule has 1 aromatic heterocycles. The molecule has 4 rings (SSSR count). The quantitative estimate of drug-likeness (QED) is 0.338. The Balaban J connectivity index is 1.59. The standard InChI is InChI=1S/C25H22Cl2N2O2/c1-15-3-7-21(16-5-8-22(25(30)31)23(27)11-16)18(9-15)13-29(2)14-20-10-17-4-6-19(26)12-24(17)28-20/h3-12,28H,13-14H2,1-2H3,(H,30,31). The Morgan fingerprint density at radius 2 is 1.81 bits per heavy atom. The Bertz CT molecular complexity index is 1280. The molecule has 3 aromatic carbocycles. The van der Waals surface area contributed by atoms with Crippen LogP contribution in [0.15, 0.2) is 60.7 Å². The second kappa shape index (κ2) is 8.75. The van der Waals surface area contributed by atoms with Crippen LogP contribution in [0.1, 0.15) is 27.2 Å². The van der Waals surface area contributed by atoms with Gasteiger partial charge in [-0.2, -0.15) is 0 Å². The highest BCUT2D eigenvalue weighted by atomic mass is 35.5. The van der Waals surface area contributed by atoms with Crippen molar-refractivity contribution in [3.63, 3.8) is 0 Å². The van der Waals surface area contributed by atoms with E-state index in [2.05, 4.69) is 48.1 Å². The first kappa shape index (κ1) is 21.4. The zero-order chi connectivity index (χ0) is 22.1. The molecule has 0 saturated heterocycles. The maximum Gasteiger partial charge on any atom is 0.337 e. The molecule has 0 saturated carbocycles. The molecule has 4 nitrogen and oxygen atoms in total. The van der Waals surface area contributed by atoms with Crippen LogP contribution in [-0.4, -0.2) is 28.0 Å². The number of aryl methyl sites for hydroxylation is 1. The summed E-state index contributed by atoms with van der Waals surface area (Å²) in [5, 5.41) is 11.3. The first-order valence-electron chi connectivity index (χ1n) is 9.88. The normalized spacial score (nSPS) is 11.4. The van der Waals surface area contributed by atoms with E-state index in [1.54, 1.807) is 12.1 Å². The number of aromatic carboxylic acids is 1. The van der Waals surface area contributed by atoms with Gasteiger partial charge in [0.25, 0.3) is 0 Å². The lowest BCUT2D eigenvalue weighted by Crippen LogP contribution is -2.18.